The zero-order valence-corrected chi connectivity index (χ0v) is 19.5. The molecule has 11 heteroatoms. The van der Waals surface area contributed by atoms with E-state index in [2.05, 4.69) is 33.7 Å². The van der Waals surface area contributed by atoms with E-state index in [1.54, 1.807) is 6.92 Å². The number of hydrogen-bond acceptors (Lipinski definition) is 6. The van der Waals surface area contributed by atoms with Gasteiger partial charge < -0.3 is 10.6 Å². The topological polar surface area (TPSA) is 101 Å². The van der Waals surface area contributed by atoms with Crippen LogP contribution in [-0.4, -0.2) is 49.4 Å². The number of rotatable bonds is 4. The molecule has 2 aromatic rings. The molecule has 3 N–H and O–H groups in total. The molecule has 1 saturated heterocycles. The lowest BCUT2D eigenvalue weighted by atomic mass is 10.0. The monoisotopic (exact) mass is 473 g/mol. The van der Waals surface area contributed by atoms with E-state index in [1.807, 2.05) is 0 Å². The number of nitrogens with zero attached hydrogens (tertiary/aromatic N) is 3. The fraction of sp³-hybridized carbons (Fsp3) is 0.524. The number of aromatic nitrogens is 2. The van der Waals surface area contributed by atoms with E-state index in [0.29, 0.717) is 11.6 Å². The van der Waals surface area contributed by atoms with Crippen molar-refractivity contribution < 1.29 is 21.6 Å². The van der Waals surface area contributed by atoms with Crippen molar-refractivity contribution in [3.63, 3.8) is 0 Å². The van der Waals surface area contributed by atoms with Crippen LogP contribution in [-0.2, 0) is 16.2 Å². The standard InChI is InChI=1S/C13H13F3N4O2S.C8H17N/c1-7-5-10(18-19-12(7)17)9-4-3-8(13(14,15)16)6-11(9)20-23(2,21)22;1-3-9-6-4-5-8(2)7-9/h3-6,20H,1-2H3,(H2,17,19);8H,3-7H2,1-2H3/t;8-/m.0/s1. The van der Waals surface area contributed by atoms with E-state index < -0.39 is 21.8 Å². The Hall–Kier alpha value is -2.40. The summed E-state index contributed by atoms with van der Waals surface area (Å²) in [5, 5.41) is 7.49. The van der Waals surface area contributed by atoms with Crippen molar-refractivity contribution in [3.8, 4) is 11.3 Å². The molecule has 1 aliphatic rings. The Labute approximate surface area is 187 Å². The third kappa shape index (κ3) is 7.63. The number of hydrogen-bond donors (Lipinski definition) is 2. The first-order chi connectivity index (χ1) is 14.8. The van der Waals surface area contributed by atoms with Crippen molar-refractivity contribution in [2.45, 2.75) is 39.8 Å². The van der Waals surface area contributed by atoms with Gasteiger partial charge in [0.25, 0.3) is 0 Å². The zero-order valence-electron chi connectivity index (χ0n) is 18.7. The van der Waals surface area contributed by atoms with Gasteiger partial charge in [0.05, 0.1) is 23.2 Å². The number of halogens is 3. The van der Waals surface area contributed by atoms with Gasteiger partial charge in [-0.25, -0.2) is 8.42 Å². The molecule has 7 nitrogen and oxygen atoms in total. The van der Waals surface area contributed by atoms with Crippen LogP contribution in [0.5, 0.6) is 0 Å². The van der Waals surface area contributed by atoms with E-state index in [1.165, 1.54) is 38.5 Å². The van der Waals surface area contributed by atoms with Crippen LogP contribution in [0.15, 0.2) is 24.3 Å². The quantitative estimate of drug-likeness (QED) is 0.691. The zero-order chi connectivity index (χ0) is 24.1. The summed E-state index contributed by atoms with van der Waals surface area (Å²) < 4.78 is 63.4. The Morgan fingerprint density at radius 1 is 1.25 bits per heavy atom. The summed E-state index contributed by atoms with van der Waals surface area (Å²) in [5.74, 6) is 1.12. The maximum atomic E-state index is 12.8. The number of anilines is 2. The number of likely N-dealkylation sites (tertiary alicyclic amines) is 1. The van der Waals surface area contributed by atoms with Crippen LogP contribution < -0.4 is 10.5 Å². The van der Waals surface area contributed by atoms with Crippen molar-refractivity contribution in [2.75, 3.05) is 36.3 Å². The molecule has 0 aliphatic carbocycles. The maximum absolute atomic E-state index is 12.8. The fourth-order valence-electron chi connectivity index (χ4n) is 3.43. The molecule has 1 aromatic heterocycles. The Kier molecular flexibility index (Phi) is 8.47. The smallest absolute Gasteiger partial charge is 0.382 e. The molecule has 0 saturated carbocycles. The van der Waals surface area contributed by atoms with Crippen LogP contribution in [0.1, 0.15) is 37.8 Å². The lowest BCUT2D eigenvalue weighted by Gasteiger charge is -2.29. The van der Waals surface area contributed by atoms with Crippen LogP contribution in [0.3, 0.4) is 0 Å². The van der Waals surface area contributed by atoms with Gasteiger partial charge in [0.15, 0.2) is 0 Å². The van der Waals surface area contributed by atoms with Crippen molar-refractivity contribution in [3.05, 3.63) is 35.4 Å². The minimum atomic E-state index is -4.60. The SMILES string of the molecule is CCN1CCC[C@H](C)C1.Cc1cc(-c2ccc(C(F)(F)F)cc2NS(C)(=O)=O)nnc1N. The van der Waals surface area contributed by atoms with Gasteiger partial charge in [0.1, 0.15) is 5.82 Å². The van der Waals surface area contributed by atoms with Gasteiger partial charge in [0.2, 0.25) is 10.0 Å². The van der Waals surface area contributed by atoms with Crippen LogP contribution in [0.25, 0.3) is 11.3 Å². The lowest BCUT2D eigenvalue weighted by Crippen LogP contribution is -2.33. The van der Waals surface area contributed by atoms with Gasteiger partial charge in [-0.2, -0.15) is 13.2 Å². The normalized spacial score (nSPS) is 17.4. The number of benzene rings is 1. The predicted molar refractivity (Wildman–Crippen MR) is 121 cm³/mol. The Morgan fingerprint density at radius 3 is 2.44 bits per heavy atom. The predicted octanol–water partition coefficient (Wildman–Crippen LogP) is 4.16. The minimum Gasteiger partial charge on any atom is -0.382 e. The molecule has 1 atom stereocenters. The van der Waals surface area contributed by atoms with E-state index in [0.717, 1.165) is 24.3 Å². The number of nitrogens with two attached hydrogens (primary N) is 1. The highest BCUT2D eigenvalue weighted by atomic mass is 32.2. The third-order valence-electron chi connectivity index (χ3n) is 5.13. The number of sulfonamides is 1. The second-order valence-electron chi connectivity index (χ2n) is 8.07. The van der Waals surface area contributed by atoms with Gasteiger partial charge >= 0.3 is 6.18 Å². The first-order valence-corrected chi connectivity index (χ1v) is 12.2. The third-order valence-corrected chi connectivity index (χ3v) is 5.72. The highest BCUT2D eigenvalue weighted by Gasteiger charge is 2.31. The molecule has 0 amide bonds. The summed E-state index contributed by atoms with van der Waals surface area (Å²) in [6.07, 6.45) is -0.905. The Bertz CT molecular complexity index is 1030. The summed E-state index contributed by atoms with van der Waals surface area (Å²) in [7, 11) is -3.78. The van der Waals surface area contributed by atoms with Gasteiger partial charge in [-0.1, -0.05) is 19.9 Å². The van der Waals surface area contributed by atoms with E-state index in [9.17, 15) is 21.6 Å². The minimum absolute atomic E-state index is 0.166. The molecule has 2 heterocycles. The van der Waals surface area contributed by atoms with Crippen LogP contribution in [0.2, 0.25) is 0 Å². The summed E-state index contributed by atoms with van der Waals surface area (Å²) in [5.41, 5.74) is 5.28. The molecular weight excluding hydrogens is 443 g/mol. The summed E-state index contributed by atoms with van der Waals surface area (Å²) in [4.78, 5) is 2.54. The molecule has 1 aromatic carbocycles. The first-order valence-electron chi connectivity index (χ1n) is 10.3. The van der Waals surface area contributed by atoms with Crippen molar-refractivity contribution in [1.82, 2.24) is 15.1 Å². The van der Waals surface area contributed by atoms with E-state index in [4.69, 9.17) is 5.73 Å². The molecule has 0 spiro atoms. The molecular formula is C21H30F3N5O2S. The molecule has 0 bridgehead atoms. The highest BCUT2D eigenvalue weighted by molar-refractivity contribution is 7.92. The second kappa shape index (κ2) is 10.5. The van der Waals surface area contributed by atoms with Gasteiger partial charge in [-0.15, -0.1) is 10.2 Å². The number of alkyl halides is 3. The molecule has 0 unspecified atom stereocenters. The molecule has 1 fully saturated rings. The van der Waals surface area contributed by atoms with E-state index >= 15 is 0 Å². The number of nitrogens with one attached hydrogen (secondary N) is 1. The molecule has 32 heavy (non-hydrogen) atoms. The average Bonchev–Trinajstić information content (AvgIpc) is 2.69. The van der Waals surface area contributed by atoms with Crippen molar-refractivity contribution >= 4 is 21.5 Å². The number of nitrogen functional groups attached to an aromatic ring is 1. The van der Waals surface area contributed by atoms with Crippen LogP contribution in [0.4, 0.5) is 24.7 Å². The van der Waals surface area contributed by atoms with Gasteiger partial charge in [-0.3, -0.25) is 4.72 Å². The lowest BCUT2D eigenvalue weighted by molar-refractivity contribution is -0.137. The largest absolute Gasteiger partial charge is 0.416 e. The van der Waals surface area contributed by atoms with Gasteiger partial charge in [-0.05, 0) is 62.5 Å². The van der Waals surface area contributed by atoms with Crippen LogP contribution in [0, 0.1) is 12.8 Å². The maximum Gasteiger partial charge on any atom is 0.416 e. The Balaban J connectivity index is 0.000000336. The van der Waals surface area contributed by atoms with Crippen molar-refractivity contribution in [2.24, 2.45) is 5.92 Å². The second-order valence-corrected chi connectivity index (χ2v) is 9.82. The first kappa shape index (κ1) is 25.9. The van der Waals surface area contributed by atoms with E-state index in [-0.39, 0.29) is 22.8 Å². The molecule has 3 rings (SSSR count). The van der Waals surface area contributed by atoms with Crippen LogP contribution >= 0.6 is 0 Å². The molecule has 1 aliphatic heterocycles. The summed E-state index contributed by atoms with van der Waals surface area (Å²) in [6.45, 7) is 10.2. The summed E-state index contributed by atoms with van der Waals surface area (Å²) >= 11 is 0. The Morgan fingerprint density at radius 2 is 1.94 bits per heavy atom. The highest BCUT2D eigenvalue weighted by Crippen LogP contribution is 2.36. The average molecular weight is 474 g/mol. The summed E-state index contributed by atoms with van der Waals surface area (Å²) in [6, 6.07) is 4.20. The molecule has 0 radical (unpaired) electrons. The van der Waals surface area contributed by atoms with Crippen molar-refractivity contribution in [1.29, 1.82) is 0 Å². The fourth-order valence-corrected chi connectivity index (χ4v) is 4.00. The number of aryl methyl sites for hydroxylation is 1. The van der Waals surface area contributed by atoms with Gasteiger partial charge in [0, 0.05) is 12.1 Å². The number of piperidine rings is 1. The molecule has 178 valence electrons.